The van der Waals surface area contributed by atoms with Crippen LogP contribution in [0.2, 0.25) is 0 Å². The van der Waals surface area contributed by atoms with Gasteiger partial charge in [0.05, 0.1) is 16.8 Å². The summed E-state index contributed by atoms with van der Waals surface area (Å²) < 4.78 is 80.7. The molecule has 33 heavy (non-hydrogen) atoms. The molecule has 0 spiro atoms. The van der Waals surface area contributed by atoms with E-state index in [0.29, 0.717) is 11.0 Å². The van der Waals surface area contributed by atoms with Gasteiger partial charge in [-0.1, -0.05) is 18.2 Å². The molecule has 1 aliphatic rings. The molecule has 0 aromatic heterocycles. The van der Waals surface area contributed by atoms with Crippen LogP contribution in [0.1, 0.15) is 11.1 Å². The van der Waals surface area contributed by atoms with E-state index in [4.69, 9.17) is 0 Å². The van der Waals surface area contributed by atoms with Crippen molar-refractivity contribution in [2.45, 2.75) is 6.18 Å². The molecule has 0 unspecified atom stereocenters. The molecule has 2 amide bonds. The molecule has 0 atom stereocenters. The third-order valence-electron chi connectivity index (χ3n) is 4.83. The van der Waals surface area contributed by atoms with Gasteiger partial charge in [0.1, 0.15) is 23.1 Å². The van der Waals surface area contributed by atoms with Crippen LogP contribution in [0.15, 0.2) is 72.4 Å². The molecule has 10 heteroatoms. The zero-order valence-electron chi connectivity index (χ0n) is 16.4. The fourth-order valence-electron chi connectivity index (χ4n) is 3.32. The molecule has 0 aliphatic carbocycles. The first-order valence-electron chi connectivity index (χ1n) is 9.34. The van der Waals surface area contributed by atoms with Gasteiger partial charge in [-0.05, 0) is 48.0 Å². The Morgan fingerprint density at radius 3 is 2.09 bits per heavy atom. The first-order chi connectivity index (χ1) is 15.6. The number of carbonyl (C=O) groups excluding carboxylic acids is 2. The number of rotatable bonds is 4. The second-order valence-corrected chi connectivity index (χ2v) is 7.00. The summed E-state index contributed by atoms with van der Waals surface area (Å²) >= 11 is 0. The van der Waals surface area contributed by atoms with Crippen LogP contribution in [0.25, 0.3) is 5.57 Å². The van der Waals surface area contributed by atoms with Crippen molar-refractivity contribution in [3.8, 4) is 0 Å². The van der Waals surface area contributed by atoms with Crippen molar-refractivity contribution in [1.29, 1.82) is 0 Å². The van der Waals surface area contributed by atoms with Crippen molar-refractivity contribution in [3.05, 3.63) is 101 Å². The maximum atomic E-state index is 14.4. The summed E-state index contributed by atoms with van der Waals surface area (Å²) in [5.41, 5.74) is -2.65. The minimum absolute atomic E-state index is 0.0449. The molecular formula is C23H12F6N2O2. The van der Waals surface area contributed by atoms with Crippen molar-refractivity contribution in [1.82, 2.24) is 0 Å². The lowest BCUT2D eigenvalue weighted by Gasteiger charge is -2.16. The molecule has 1 heterocycles. The molecule has 0 fully saturated rings. The van der Waals surface area contributed by atoms with E-state index in [1.165, 1.54) is 18.2 Å². The van der Waals surface area contributed by atoms with Crippen molar-refractivity contribution in [3.63, 3.8) is 0 Å². The van der Waals surface area contributed by atoms with Gasteiger partial charge in [-0.25, -0.2) is 18.1 Å². The quantitative estimate of drug-likeness (QED) is 0.411. The molecule has 1 N–H and O–H groups in total. The number of hydrogen-bond donors (Lipinski definition) is 1. The summed E-state index contributed by atoms with van der Waals surface area (Å²) in [6.07, 6.45) is -4.67. The molecule has 0 saturated carbocycles. The van der Waals surface area contributed by atoms with E-state index < -0.39 is 52.4 Å². The normalized spacial score (nSPS) is 14.3. The lowest BCUT2D eigenvalue weighted by Crippen LogP contribution is -2.33. The maximum Gasteiger partial charge on any atom is 0.416 e. The van der Waals surface area contributed by atoms with Crippen LogP contribution in [0.3, 0.4) is 0 Å². The Morgan fingerprint density at radius 2 is 1.42 bits per heavy atom. The Kier molecular flexibility index (Phi) is 5.44. The third-order valence-corrected chi connectivity index (χ3v) is 4.83. The second-order valence-electron chi connectivity index (χ2n) is 7.00. The van der Waals surface area contributed by atoms with Gasteiger partial charge in [0, 0.05) is 11.8 Å². The van der Waals surface area contributed by atoms with Crippen LogP contribution in [-0.4, -0.2) is 11.8 Å². The van der Waals surface area contributed by atoms with Gasteiger partial charge in [0.25, 0.3) is 11.8 Å². The smallest absolute Gasteiger partial charge is 0.350 e. The topological polar surface area (TPSA) is 49.4 Å². The Labute approximate surface area is 182 Å². The summed E-state index contributed by atoms with van der Waals surface area (Å²) in [5, 5.41) is 2.49. The standard InChI is InChI=1S/C23H12F6N2O2/c24-14-6-4-12(5-7-14)19-20(30-16-3-1-2-13(10-16)23(27,28)29)22(33)31(21(19)32)18-11-15(25)8-9-17(18)26/h1-11,30H. The lowest BCUT2D eigenvalue weighted by atomic mass is 10.0. The first kappa shape index (κ1) is 22.1. The molecule has 3 aromatic rings. The van der Waals surface area contributed by atoms with E-state index in [-0.39, 0.29) is 16.8 Å². The number of nitrogens with zero attached hydrogens (tertiary/aromatic N) is 1. The van der Waals surface area contributed by atoms with Gasteiger partial charge in [-0.2, -0.15) is 13.2 Å². The highest BCUT2D eigenvalue weighted by atomic mass is 19.4. The molecule has 4 rings (SSSR count). The molecule has 1 aliphatic heterocycles. The minimum atomic E-state index is -4.67. The number of anilines is 2. The van der Waals surface area contributed by atoms with Gasteiger partial charge >= 0.3 is 6.18 Å². The second kappa shape index (κ2) is 8.12. The van der Waals surface area contributed by atoms with Crippen LogP contribution >= 0.6 is 0 Å². The molecule has 0 saturated heterocycles. The number of carbonyl (C=O) groups is 2. The van der Waals surface area contributed by atoms with Crippen LogP contribution < -0.4 is 10.2 Å². The van der Waals surface area contributed by atoms with Gasteiger partial charge < -0.3 is 5.32 Å². The summed E-state index contributed by atoms with van der Waals surface area (Å²) in [7, 11) is 0. The molecule has 3 aromatic carbocycles. The largest absolute Gasteiger partial charge is 0.416 e. The zero-order valence-corrected chi connectivity index (χ0v) is 16.4. The molecule has 0 bridgehead atoms. The molecule has 0 radical (unpaired) electrons. The zero-order chi connectivity index (χ0) is 23.9. The van der Waals surface area contributed by atoms with Gasteiger partial charge in [0.15, 0.2) is 0 Å². The Bertz CT molecular complexity index is 1300. The maximum absolute atomic E-state index is 14.4. The summed E-state index contributed by atoms with van der Waals surface area (Å²) in [4.78, 5) is 26.6. The predicted octanol–water partition coefficient (Wildman–Crippen LogP) is 5.52. The Hall–Kier alpha value is -4.08. The predicted molar refractivity (Wildman–Crippen MR) is 107 cm³/mol. The van der Waals surface area contributed by atoms with Crippen molar-refractivity contribution in [2.24, 2.45) is 0 Å². The average molecular weight is 462 g/mol. The van der Waals surface area contributed by atoms with Crippen LogP contribution in [-0.2, 0) is 15.8 Å². The highest BCUT2D eigenvalue weighted by molar-refractivity contribution is 6.46. The van der Waals surface area contributed by atoms with Crippen molar-refractivity contribution in [2.75, 3.05) is 10.2 Å². The van der Waals surface area contributed by atoms with E-state index >= 15 is 0 Å². The average Bonchev–Trinajstić information content (AvgIpc) is 3.00. The number of benzene rings is 3. The lowest BCUT2D eigenvalue weighted by molar-refractivity contribution is -0.137. The van der Waals surface area contributed by atoms with Gasteiger partial charge in [-0.3, -0.25) is 9.59 Å². The SMILES string of the molecule is O=C1C(Nc2cccc(C(F)(F)F)c2)=C(c2ccc(F)cc2)C(=O)N1c1cc(F)ccc1F. The number of imide groups is 1. The monoisotopic (exact) mass is 462 g/mol. The van der Waals surface area contributed by atoms with E-state index in [1.54, 1.807) is 0 Å². The molecule has 4 nitrogen and oxygen atoms in total. The van der Waals surface area contributed by atoms with Crippen molar-refractivity contribution >= 4 is 28.8 Å². The van der Waals surface area contributed by atoms with E-state index in [1.807, 2.05) is 0 Å². The fraction of sp³-hybridized carbons (Fsp3) is 0.0435. The number of alkyl halides is 3. The molecular weight excluding hydrogens is 450 g/mol. The Morgan fingerprint density at radius 1 is 0.758 bits per heavy atom. The number of hydrogen-bond acceptors (Lipinski definition) is 3. The first-order valence-corrected chi connectivity index (χ1v) is 9.34. The van der Waals surface area contributed by atoms with Gasteiger partial charge in [-0.15, -0.1) is 0 Å². The van der Waals surface area contributed by atoms with Crippen LogP contribution in [0, 0.1) is 17.5 Å². The summed E-state index contributed by atoms with van der Waals surface area (Å²) in [6, 6.07) is 10.4. The van der Waals surface area contributed by atoms with Crippen LogP contribution in [0.4, 0.5) is 37.7 Å². The van der Waals surface area contributed by atoms with Gasteiger partial charge in [0.2, 0.25) is 0 Å². The van der Waals surface area contributed by atoms with Crippen LogP contribution in [0.5, 0.6) is 0 Å². The summed E-state index contributed by atoms with van der Waals surface area (Å²) in [6.45, 7) is 0. The number of nitrogens with one attached hydrogen (secondary N) is 1. The summed E-state index contributed by atoms with van der Waals surface area (Å²) in [5.74, 6) is -4.82. The van der Waals surface area contributed by atoms with E-state index in [0.717, 1.165) is 42.5 Å². The van der Waals surface area contributed by atoms with Crippen molar-refractivity contribution < 1.29 is 35.9 Å². The Balaban J connectivity index is 1.84. The number of halogens is 6. The highest BCUT2D eigenvalue weighted by Crippen LogP contribution is 2.36. The molecule has 168 valence electrons. The number of amides is 2. The van der Waals surface area contributed by atoms with E-state index in [9.17, 15) is 35.9 Å². The third kappa shape index (κ3) is 4.19. The fourth-order valence-corrected chi connectivity index (χ4v) is 3.32. The van der Waals surface area contributed by atoms with E-state index in [2.05, 4.69) is 5.32 Å². The highest BCUT2D eigenvalue weighted by Gasteiger charge is 2.41. The minimum Gasteiger partial charge on any atom is -0.350 e.